The van der Waals surface area contributed by atoms with E-state index in [1.165, 1.54) is 18.2 Å². The minimum absolute atomic E-state index is 0.0895. The Labute approximate surface area is 207 Å². The first kappa shape index (κ1) is 26.2. The van der Waals surface area contributed by atoms with E-state index in [0.29, 0.717) is 35.0 Å². The average molecular weight is 522 g/mol. The fourth-order valence-corrected chi connectivity index (χ4v) is 3.84. The number of aryl methyl sites for hydroxylation is 1. The van der Waals surface area contributed by atoms with Crippen molar-refractivity contribution in [2.24, 2.45) is 4.99 Å². The normalized spacial score (nSPS) is 18.4. The summed E-state index contributed by atoms with van der Waals surface area (Å²) in [6.45, 7) is 1.82. The van der Waals surface area contributed by atoms with E-state index in [1.54, 1.807) is 31.3 Å². The predicted octanol–water partition coefficient (Wildman–Crippen LogP) is 5.67. The van der Waals surface area contributed by atoms with Gasteiger partial charge in [-0.25, -0.2) is 0 Å². The molecule has 4 rings (SSSR count). The van der Waals surface area contributed by atoms with E-state index >= 15 is 0 Å². The van der Waals surface area contributed by atoms with Crippen LogP contribution >= 0.6 is 0 Å². The van der Waals surface area contributed by atoms with Crippen molar-refractivity contribution in [3.05, 3.63) is 106 Å². The Morgan fingerprint density at radius 1 is 1.05 bits per heavy atom. The van der Waals surface area contributed by atoms with Gasteiger partial charge in [0.15, 0.2) is 5.84 Å². The first-order chi connectivity index (χ1) is 17.4. The highest BCUT2D eigenvalue weighted by Gasteiger charge is 2.59. The van der Waals surface area contributed by atoms with Crippen LogP contribution in [-0.4, -0.2) is 22.2 Å². The van der Waals surface area contributed by atoms with E-state index < -0.39 is 29.1 Å². The third-order valence-corrected chi connectivity index (χ3v) is 5.73. The Morgan fingerprint density at radius 3 is 2.46 bits per heavy atom. The topological polar surface area (TPSA) is 78.8 Å². The van der Waals surface area contributed by atoms with E-state index in [2.05, 4.69) is 15.5 Å². The molecule has 1 unspecified atom stereocenters. The summed E-state index contributed by atoms with van der Waals surface area (Å²) in [6.07, 6.45) is -7.60. The number of nitrogens with one attached hydrogen (secondary N) is 2. The molecule has 1 atom stereocenters. The van der Waals surface area contributed by atoms with Gasteiger partial charge in [-0.1, -0.05) is 30.3 Å². The van der Waals surface area contributed by atoms with Crippen LogP contribution in [0.15, 0.2) is 77.9 Å². The molecular formula is C25H20F6N4O2. The lowest BCUT2D eigenvalue weighted by Crippen LogP contribution is -2.42. The summed E-state index contributed by atoms with van der Waals surface area (Å²) in [4.78, 5) is 13.4. The van der Waals surface area contributed by atoms with Crippen LogP contribution in [0.2, 0.25) is 0 Å². The van der Waals surface area contributed by atoms with Gasteiger partial charge < -0.3 is 0 Å². The van der Waals surface area contributed by atoms with Crippen molar-refractivity contribution in [3.8, 4) is 0 Å². The van der Waals surface area contributed by atoms with Gasteiger partial charge in [0.1, 0.15) is 0 Å². The van der Waals surface area contributed by atoms with Crippen molar-refractivity contribution in [2.75, 3.05) is 0 Å². The lowest BCUT2D eigenvalue weighted by molar-refractivity contribution is -0.269. The first-order valence-corrected chi connectivity index (χ1v) is 10.8. The maximum absolute atomic E-state index is 14.2. The number of aromatic nitrogens is 1. The molecule has 3 aromatic rings. The van der Waals surface area contributed by atoms with Crippen LogP contribution < -0.4 is 11.0 Å². The molecule has 1 aliphatic heterocycles. The summed E-state index contributed by atoms with van der Waals surface area (Å²) in [6, 6.07) is 12.7. The number of benzene rings is 2. The van der Waals surface area contributed by atoms with Gasteiger partial charge in [0, 0.05) is 17.3 Å². The van der Waals surface area contributed by atoms with Crippen molar-refractivity contribution in [2.45, 2.75) is 31.4 Å². The summed E-state index contributed by atoms with van der Waals surface area (Å²) in [5.41, 5.74) is 1.01. The zero-order chi connectivity index (χ0) is 26.8. The number of halogens is 6. The van der Waals surface area contributed by atoms with Gasteiger partial charge in [0.2, 0.25) is 5.60 Å². The van der Waals surface area contributed by atoms with E-state index in [4.69, 9.17) is 4.84 Å². The fraction of sp³-hybridized carbons (Fsp3) is 0.200. The monoisotopic (exact) mass is 522 g/mol. The Morgan fingerprint density at radius 2 is 1.84 bits per heavy atom. The van der Waals surface area contributed by atoms with Gasteiger partial charge in [0.25, 0.3) is 0 Å². The molecular weight excluding hydrogens is 502 g/mol. The molecule has 3 N–H and O–H groups in total. The van der Waals surface area contributed by atoms with Gasteiger partial charge in [0.05, 0.1) is 23.5 Å². The molecule has 2 aromatic carbocycles. The molecule has 1 aromatic heterocycles. The van der Waals surface area contributed by atoms with Crippen molar-refractivity contribution >= 4 is 11.5 Å². The van der Waals surface area contributed by atoms with E-state index in [9.17, 15) is 31.5 Å². The van der Waals surface area contributed by atoms with Crippen molar-refractivity contribution < 1.29 is 36.4 Å². The predicted molar refractivity (Wildman–Crippen MR) is 122 cm³/mol. The molecule has 0 amide bonds. The summed E-state index contributed by atoms with van der Waals surface area (Å²) in [7, 11) is 0. The second kappa shape index (κ2) is 9.87. The molecule has 0 radical (unpaired) electrons. The summed E-state index contributed by atoms with van der Waals surface area (Å²) < 4.78 is 82.0. The van der Waals surface area contributed by atoms with Gasteiger partial charge >= 0.3 is 12.4 Å². The summed E-state index contributed by atoms with van der Waals surface area (Å²) in [5.74, 6) is 0.118. The second-order valence-electron chi connectivity index (χ2n) is 8.20. The van der Waals surface area contributed by atoms with Crippen LogP contribution in [0.4, 0.5) is 26.3 Å². The molecule has 0 spiro atoms. The lowest BCUT2D eigenvalue weighted by atomic mass is 9.90. The number of nitrogens with zero attached hydrogens (tertiary/aromatic N) is 2. The third kappa shape index (κ3) is 5.30. The highest BCUT2D eigenvalue weighted by atomic mass is 19.4. The van der Waals surface area contributed by atoms with Crippen LogP contribution in [0.25, 0.3) is 5.70 Å². The molecule has 0 aliphatic carbocycles. The smallest absolute Gasteiger partial charge is 0.290 e. The minimum atomic E-state index is -5.08. The SMILES string of the molecule is Cc1cc(C2=CC(c3cccc(C(F)(F)F)c3)(C(F)(F)F)ON2)ccc1C(=NCc1ccccn1)NO. The molecule has 194 valence electrons. The number of amidine groups is 1. The maximum atomic E-state index is 14.2. The Hall–Kier alpha value is -3.90. The number of alkyl halides is 6. The molecule has 0 saturated carbocycles. The number of rotatable bonds is 5. The van der Waals surface area contributed by atoms with Gasteiger partial charge in [-0.15, -0.1) is 0 Å². The average Bonchev–Trinajstić information content (AvgIpc) is 3.33. The molecule has 0 fully saturated rings. The molecule has 1 aliphatic rings. The quantitative estimate of drug-likeness (QED) is 0.174. The highest BCUT2D eigenvalue weighted by molar-refractivity contribution is 5.99. The Bertz CT molecular complexity index is 1340. The fourth-order valence-electron chi connectivity index (χ4n) is 3.84. The van der Waals surface area contributed by atoms with Gasteiger partial charge in [-0.3, -0.25) is 31.0 Å². The van der Waals surface area contributed by atoms with Crippen LogP contribution in [0, 0.1) is 6.92 Å². The van der Waals surface area contributed by atoms with Crippen LogP contribution in [0.5, 0.6) is 0 Å². The van der Waals surface area contributed by atoms with Crippen molar-refractivity contribution in [1.82, 2.24) is 15.9 Å². The standard InChI is InChI=1S/C25H20F6N4O2/c1-15-11-16(8-9-20(15)22(34-36)33-14-19-7-2-3-10-32-19)21-13-23(37-35-21,25(29,30)31)17-5-4-6-18(12-17)24(26,27)28/h2-13,35-36H,14H2,1H3,(H,33,34). The van der Waals surface area contributed by atoms with Crippen molar-refractivity contribution in [1.29, 1.82) is 0 Å². The molecule has 6 nitrogen and oxygen atoms in total. The zero-order valence-corrected chi connectivity index (χ0v) is 19.2. The largest absolute Gasteiger partial charge is 0.428 e. The molecule has 2 heterocycles. The van der Waals surface area contributed by atoms with E-state index in [-0.39, 0.29) is 23.6 Å². The molecule has 0 saturated heterocycles. The number of aliphatic imine (C=N–C) groups is 1. The third-order valence-electron chi connectivity index (χ3n) is 5.73. The van der Waals surface area contributed by atoms with E-state index in [0.717, 1.165) is 12.1 Å². The first-order valence-electron chi connectivity index (χ1n) is 10.8. The van der Waals surface area contributed by atoms with Crippen LogP contribution in [0.1, 0.15) is 33.5 Å². The second-order valence-corrected chi connectivity index (χ2v) is 8.20. The van der Waals surface area contributed by atoms with E-state index in [1.807, 2.05) is 5.48 Å². The number of hydrogen-bond donors (Lipinski definition) is 3. The van der Waals surface area contributed by atoms with Gasteiger partial charge in [-0.05, 0) is 54.5 Å². The molecule has 37 heavy (non-hydrogen) atoms. The summed E-state index contributed by atoms with van der Waals surface area (Å²) >= 11 is 0. The Kier molecular flexibility index (Phi) is 6.98. The van der Waals surface area contributed by atoms with Crippen molar-refractivity contribution in [3.63, 3.8) is 0 Å². The van der Waals surface area contributed by atoms with Gasteiger partial charge in [-0.2, -0.15) is 26.3 Å². The zero-order valence-electron chi connectivity index (χ0n) is 19.2. The number of hydroxylamine groups is 2. The molecule has 12 heteroatoms. The highest BCUT2D eigenvalue weighted by Crippen LogP contribution is 2.48. The van der Waals surface area contributed by atoms with Crippen LogP contribution in [0.3, 0.4) is 0 Å². The maximum Gasteiger partial charge on any atom is 0.428 e. The lowest BCUT2D eigenvalue weighted by Gasteiger charge is -2.29. The molecule has 0 bridgehead atoms. The van der Waals surface area contributed by atoms with Crippen LogP contribution in [-0.2, 0) is 23.2 Å². The Balaban J connectivity index is 1.68. The summed E-state index contributed by atoms with van der Waals surface area (Å²) in [5, 5.41) is 9.58. The minimum Gasteiger partial charge on any atom is -0.290 e. The number of pyridine rings is 1. The number of hydrogen-bond acceptors (Lipinski definition) is 5.